The maximum Gasteiger partial charge on any atom is 0.237 e. The lowest BCUT2D eigenvalue weighted by Crippen LogP contribution is -2.30. The van der Waals surface area contributed by atoms with Crippen LogP contribution in [0.5, 0.6) is 0 Å². The zero-order valence-corrected chi connectivity index (χ0v) is 9.10. The van der Waals surface area contributed by atoms with Crippen LogP contribution in [0, 0.1) is 0 Å². The Morgan fingerprint density at radius 3 is 3.00 bits per heavy atom. The summed E-state index contributed by atoms with van der Waals surface area (Å²) in [6.45, 7) is 1.93. The molecule has 1 aromatic heterocycles. The lowest BCUT2D eigenvalue weighted by molar-refractivity contribution is -0.129. The highest BCUT2D eigenvalue weighted by Crippen LogP contribution is 2.20. The number of hydrogen-bond acceptors (Lipinski definition) is 3. The van der Waals surface area contributed by atoms with Crippen molar-refractivity contribution in [2.24, 2.45) is 0 Å². The third-order valence-corrected chi connectivity index (χ3v) is 3.07. The quantitative estimate of drug-likeness (QED) is 0.727. The highest BCUT2D eigenvalue weighted by atomic mass is 35.5. The summed E-state index contributed by atoms with van der Waals surface area (Å²) in [7, 11) is 1.73. The Bertz CT molecular complexity index is 276. The van der Waals surface area contributed by atoms with Gasteiger partial charge >= 0.3 is 0 Å². The van der Waals surface area contributed by atoms with Crippen LogP contribution in [0.15, 0.2) is 11.6 Å². The first kappa shape index (κ1) is 10.5. The fraction of sp³-hybridized carbons (Fsp3) is 0.500. The smallest absolute Gasteiger partial charge is 0.237 e. The molecule has 0 N–H and O–H groups in total. The van der Waals surface area contributed by atoms with Crippen LogP contribution in [-0.2, 0) is 4.79 Å². The fourth-order valence-corrected chi connectivity index (χ4v) is 1.84. The van der Waals surface area contributed by atoms with Crippen LogP contribution in [0.3, 0.4) is 0 Å². The second-order valence-electron chi connectivity index (χ2n) is 2.68. The molecule has 0 radical (unpaired) electrons. The molecule has 0 bridgehead atoms. The van der Waals surface area contributed by atoms with Crippen molar-refractivity contribution in [3.05, 3.63) is 16.6 Å². The van der Waals surface area contributed by atoms with Gasteiger partial charge in [0.05, 0.1) is 6.04 Å². The molecule has 13 heavy (non-hydrogen) atoms. The van der Waals surface area contributed by atoms with E-state index in [1.807, 2.05) is 12.3 Å². The van der Waals surface area contributed by atoms with Gasteiger partial charge < -0.3 is 4.90 Å². The topological polar surface area (TPSA) is 33.2 Å². The Morgan fingerprint density at radius 1 is 1.85 bits per heavy atom. The number of amides is 1. The Kier molecular flexibility index (Phi) is 3.69. The van der Waals surface area contributed by atoms with Gasteiger partial charge in [-0.3, -0.25) is 4.79 Å². The molecule has 0 aliphatic heterocycles. The normalized spacial score (nSPS) is 12.5. The minimum absolute atomic E-state index is 0.00579. The van der Waals surface area contributed by atoms with E-state index in [0.717, 1.165) is 5.01 Å². The molecule has 3 nitrogen and oxygen atoms in total. The van der Waals surface area contributed by atoms with Crippen LogP contribution in [0.25, 0.3) is 0 Å². The van der Waals surface area contributed by atoms with Crippen LogP contribution in [0.2, 0.25) is 0 Å². The number of alkyl halides is 1. The monoisotopic (exact) mass is 218 g/mol. The van der Waals surface area contributed by atoms with E-state index in [1.165, 1.54) is 11.3 Å². The predicted octanol–water partition coefficient (Wildman–Crippen LogP) is 1.90. The first-order valence-electron chi connectivity index (χ1n) is 3.87. The number of nitrogens with zero attached hydrogens (tertiary/aromatic N) is 2. The molecule has 0 saturated heterocycles. The van der Waals surface area contributed by atoms with Crippen molar-refractivity contribution in [2.45, 2.75) is 13.0 Å². The standard InChI is InChI=1S/C8H11ClN2OS/c1-6(8-10-3-4-13-8)11(2)7(12)5-9/h3-4,6H,5H2,1-2H3/t6-/m1/s1. The van der Waals surface area contributed by atoms with Gasteiger partial charge in [-0.2, -0.15) is 0 Å². The summed E-state index contributed by atoms with van der Waals surface area (Å²) in [5.41, 5.74) is 0. The van der Waals surface area contributed by atoms with E-state index in [4.69, 9.17) is 11.6 Å². The van der Waals surface area contributed by atoms with Crippen molar-refractivity contribution >= 4 is 28.8 Å². The number of halogens is 1. The largest absolute Gasteiger partial charge is 0.336 e. The van der Waals surface area contributed by atoms with Crippen molar-refractivity contribution in [3.8, 4) is 0 Å². The second kappa shape index (κ2) is 4.58. The third-order valence-electron chi connectivity index (χ3n) is 1.90. The van der Waals surface area contributed by atoms with Crippen LogP contribution in [0.4, 0.5) is 0 Å². The molecule has 0 fully saturated rings. The summed E-state index contributed by atoms with van der Waals surface area (Å²) in [5, 5.41) is 2.83. The van der Waals surface area contributed by atoms with Gasteiger partial charge in [0.25, 0.3) is 0 Å². The summed E-state index contributed by atoms with van der Waals surface area (Å²) in [6, 6.07) is 0.00579. The Balaban J connectivity index is 2.68. The van der Waals surface area contributed by atoms with Gasteiger partial charge in [0.1, 0.15) is 10.9 Å². The molecule has 1 amide bonds. The molecule has 0 unspecified atom stereocenters. The Labute approximate surface area is 86.3 Å². The molecule has 0 spiro atoms. The number of carbonyl (C=O) groups is 1. The summed E-state index contributed by atoms with van der Waals surface area (Å²) in [4.78, 5) is 17.0. The molecule has 5 heteroatoms. The molecule has 1 rings (SSSR count). The molecule has 1 heterocycles. The zero-order chi connectivity index (χ0) is 9.84. The molecule has 0 aliphatic carbocycles. The molecule has 72 valence electrons. The Morgan fingerprint density at radius 2 is 2.54 bits per heavy atom. The van der Waals surface area contributed by atoms with Crippen molar-refractivity contribution in [2.75, 3.05) is 12.9 Å². The second-order valence-corrected chi connectivity index (χ2v) is 3.88. The van der Waals surface area contributed by atoms with Crippen molar-refractivity contribution in [1.82, 2.24) is 9.88 Å². The lowest BCUT2D eigenvalue weighted by atomic mass is 10.3. The van der Waals surface area contributed by atoms with E-state index < -0.39 is 0 Å². The van der Waals surface area contributed by atoms with E-state index in [0.29, 0.717) is 0 Å². The minimum Gasteiger partial charge on any atom is -0.336 e. The number of rotatable bonds is 3. The molecular formula is C8H11ClN2OS. The van der Waals surface area contributed by atoms with E-state index in [2.05, 4.69) is 4.98 Å². The van der Waals surface area contributed by atoms with Gasteiger partial charge in [0, 0.05) is 18.6 Å². The molecule has 0 saturated carbocycles. The molecule has 1 aromatic rings. The maximum absolute atomic E-state index is 11.2. The third kappa shape index (κ3) is 2.42. The van der Waals surface area contributed by atoms with Crippen LogP contribution in [-0.4, -0.2) is 28.7 Å². The number of aromatic nitrogens is 1. The maximum atomic E-state index is 11.2. The van der Waals surface area contributed by atoms with E-state index in [1.54, 1.807) is 18.1 Å². The van der Waals surface area contributed by atoms with E-state index in [-0.39, 0.29) is 17.8 Å². The zero-order valence-electron chi connectivity index (χ0n) is 7.53. The average Bonchev–Trinajstić information content (AvgIpc) is 2.67. The Hall–Kier alpha value is -0.610. The predicted molar refractivity (Wildman–Crippen MR) is 54.0 cm³/mol. The van der Waals surface area contributed by atoms with Gasteiger partial charge in [0.15, 0.2) is 0 Å². The van der Waals surface area contributed by atoms with Crippen molar-refractivity contribution in [3.63, 3.8) is 0 Å². The van der Waals surface area contributed by atoms with Gasteiger partial charge in [-0.15, -0.1) is 22.9 Å². The molecule has 0 aromatic carbocycles. The van der Waals surface area contributed by atoms with Gasteiger partial charge in [-0.1, -0.05) is 0 Å². The minimum atomic E-state index is -0.0793. The number of carbonyl (C=O) groups excluding carboxylic acids is 1. The fourth-order valence-electron chi connectivity index (χ4n) is 0.917. The van der Waals surface area contributed by atoms with Crippen LogP contribution < -0.4 is 0 Å². The van der Waals surface area contributed by atoms with E-state index in [9.17, 15) is 4.79 Å². The SMILES string of the molecule is C[C@H](c1nccs1)N(C)C(=O)CCl. The number of hydrogen-bond donors (Lipinski definition) is 0. The summed E-state index contributed by atoms with van der Waals surface area (Å²) in [5.74, 6) is -0.0592. The average molecular weight is 219 g/mol. The van der Waals surface area contributed by atoms with Crippen molar-refractivity contribution < 1.29 is 4.79 Å². The highest BCUT2D eigenvalue weighted by Gasteiger charge is 2.17. The van der Waals surface area contributed by atoms with Crippen molar-refractivity contribution in [1.29, 1.82) is 0 Å². The molecular weight excluding hydrogens is 208 g/mol. The van der Waals surface area contributed by atoms with Gasteiger partial charge in [-0.25, -0.2) is 4.98 Å². The molecule has 0 aliphatic rings. The first-order chi connectivity index (χ1) is 6.16. The summed E-state index contributed by atoms with van der Waals surface area (Å²) in [6.07, 6.45) is 1.73. The summed E-state index contributed by atoms with van der Waals surface area (Å²) >= 11 is 6.98. The van der Waals surface area contributed by atoms with Gasteiger partial charge in [-0.05, 0) is 6.92 Å². The van der Waals surface area contributed by atoms with Crippen LogP contribution in [0.1, 0.15) is 18.0 Å². The van der Waals surface area contributed by atoms with E-state index >= 15 is 0 Å². The van der Waals surface area contributed by atoms with Crippen LogP contribution >= 0.6 is 22.9 Å². The molecule has 1 atom stereocenters. The first-order valence-corrected chi connectivity index (χ1v) is 5.29. The van der Waals surface area contributed by atoms with Gasteiger partial charge in [0.2, 0.25) is 5.91 Å². The number of thiazole rings is 1. The highest BCUT2D eigenvalue weighted by molar-refractivity contribution is 7.09. The lowest BCUT2D eigenvalue weighted by Gasteiger charge is -2.21. The summed E-state index contributed by atoms with van der Waals surface area (Å²) < 4.78 is 0.